The van der Waals surface area contributed by atoms with Gasteiger partial charge in [-0.05, 0) is 17.7 Å². The first-order chi connectivity index (χ1) is 6.43. The third-order valence-electron chi connectivity index (χ3n) is 1.40. The molecule has 3 nitrogen and oxygen atoms in total. The van der Waals surface area contributed by atoms with Gasteiger partial charge in [0.2, 0.25) is 0 Å². The van der Waals surface area contributed by atoms with Gasteiger partial charge < -0.3 is 9.84 Å². The predicted molar refractivity (Wildman–Crippen MR) is 48.8 cm³/mol. The molecular formula is C10H11NO2. The van der Waals surface area contributed by atoms with Crippen molar-refractivity contribution in [3.05, 3.63) is 30.1 Å². The van der Waals surface area contributed by atoms with Crippen molar-refractivity contribution >= 4 is 0 Å². The topological polar surface area (TPSA) is 42.4 Å². The molecule has 68 valence electrons. The number of aliphatic hydroxyl groups excluding tert-OH is 1. The number of hydrogen-bond acceptors (Lipinski definition) is 3. The first-order valence-corrected chi connectivity index (χ1v) is 3.96. The molecule has 1 heterocycles. The number of nitrogens with zero attached hydrogens (tertiary/aromatic N) is 1. The minimum absolute atomic E-state index is 0.112. The van der Waals surface area contributed by atoms with Gasteiger partial charge in [0.05, 0.1) is 6.61 Å². The van der Waals surface area contributed by atoms with Crippen molar-refractivity contribution in [1.82, 2.24) is 4.98 Å². The van der Waals surface area contributed by atoms with Crippen molar-refractivity contribution < 1.29 is 9.84 Å². The summed E-state index contributed by atoms with van der Waals surface area (Å²) in [5.74, 6) is 5.17. The Morgan fingerprint density at radius 1 is 1.31 bits per heavy atom. The molecule has 1 aromatic heterocycles. The molecule has 0 atom stereocenters. The van der Waals surface area contributed by atoms with Crippen LogP contribution in [-0.2, 0) is 11.3 Å². The quantitative estimate of drug-likeness (QED) is 0.543. The van der Waals surface area contributed by atoms with Gasteiger partial charge in [-0.2, -0.15) is 0 Å². The highest BCUT2D eigenvalue weighted by Crippen LogP contribution is 1.97. The molecule has 0 saturated heterocycles. The summed E-state index contributed by atoms with van der Waals surface area (Å²) in [6.07, 6.45) is 3.44. The maximum Gasteiger partial charge on any atom is 0.108 e. The van der Waals surface area contributed by atoms with E-state index in [4.69, 9.17) is 9.84 Å². The van der Waals surface area contributed by atoms with E-state index in [9.17, 15) is 0 Å². The lowest BCUT2D eigenvalue weighted by Gasteiger charge is -1.98. The lowest BCUT2D eigenvalue weighted by Crippen LogP contribution is -1.93. The molecule has 0 spiro atoms. The van der Waals surface area contributed by atoms with E-state index in [1.807, 2.05) is 12.1 Å². The van der Waals surface area contributed by atoms with Crippen LogP contribution in [0.25, 0.3) is 0 Å². The SMILES string of the molecule is OCC#CCOCc1ccncc1. The predicted octanol–water partition coefficient (Wildman–Crippen LogP) is 0.594. The van der Waals surface area contributed by atoms with E-state index in [0.29, 0.717) is 13.2 Å². The van der Waals surface area contributed by atoms with Crippen LogP contribution >= 0.6 is 0 Å². The summed E-state index contributed by atoms with van der Waals surface area (Å²) < 4.78 is 5.21. The van der Waals surface area contributed by atoms with Crippen LogP contribution in [0.5, 0.6) is 0 Å². The van der Waals surface area contributed by atoms with E-state index in [1.165, 1.54) is 0 Å². The standard InChI is InChI=1S/C10H11NO2/c12-7-1-2-8-13-9-10-3-5-11-6-4-10/h3-6,12H,7-9H2. The number of ether oxygens (including phenoxy) is 1. The fraction of sp³-hybridized carbons (Fsp3) is 0.300. The fourth-order valence-corrected chi connectivity index (χ4v) is 0.806. The van der Waals surface area contributed by atoms with Gasteiger partial charge in [0.15, 0.2) is 0 Å². The average Bonchev–Trinajstić information content (AvgIpc) is 2.19. The Bertz CT molecular complexity index is 287. The van der Waals surface area contributed by atoms with Crippen LogP contribution in [0.4, 0.5) is 0 Å². The molecule has 0 fully saturated rings. The van der Waals surface area contributed by atoms with Crippen molar-refractivity contribution in [2.75, 3.05) is 13.2 Å². The van der Waals surface area contributed by atoms with Gasteiger partial charge in [0, 0.05) is 12.4 Å². The number of rotatable bonds is 3. The molecule has 3 heteroatoms. The summed E-state index contributed by atoms with van der Waals surface area (Å²) >= 11 is 0. The highest BCUT2D eigenvalue weighted by molar-refractivity contribution is 5.08. The largest absolute Gasteiger partial charge is 0.384 e. The summed E-state index contributed by atoms with van der Waals surface area (Å²) in [4.78, 5) is 3.89. The van der Waals surface area contributed by atoms with E-state index < -0.39 is 0 Å². The molecule has 0 radical (unpaired) electrons. The second kappa shape index (κ2) is 6.18. The van der Waals surface area contributed by atoms with E-state index in [0.717, 1.165) is 5.56 Å². The Morgan fingerprint density at radius 2 is 2.08 bits per heavy atom. The van der Waals surface area contributed by atoms with Crippen LogP contribution in [0.15, 0.2) is 24.5 Å². The molecule has 0 aliphatic rings. The van der Waals surface area contributed by atoms with Crippen molar-refractivity contribution in [1.29, 1.82) is 0 Å². The lowest BCUT2D eigenvalue weighted by molar-refractivity contribution is 0.153. The zero-order chi connectivity index (χ0) is 9.36. The second-order valence-corrected chi connectivity index (χ2v) is 2.36. The zero-order valence-corrected chi connectivity index (χ0v) is 7.23. The Morgan fingerprint density at radius 3 is 2.77 bits per heavy atom. The van der Waals surface area contributed by atoms with E-state index in [-0.39, 0.29) is 6.61 Å². The van der Waals surface area contributed by atoms with E-state index in [2.05, 4.69) is 16.8 Å². The number of hydrogen-bond donors (Lipinski definition) is 1. The third-order valence-corrected chi connectivity index (χ3v) is 1.40. The van der Waals surface area contributed by atoms with Gasteiger partial charge in [-0.1, -0.05) is 11.8 Å². The molecule has 0 aliphatic carbocycles. The van der Waals surface area contributed by atoms with Crippen molar-refractivity contribution in [3.8, 4) is 11.8 Å². The van der Waals surface area contributed by atoms with Crippen LogP contribution < -0.4 is 0 Å². The molecule has 0 unspecified atom stereocenters. The van der Waals surface area contributed by atoms with Crippen LogP contribution in [-0.4, -0.2) is 23.3 Å². The molecule has 13 heavy (non-hydrogen) atoms. The van der Waals surface area contributed by atoms with E-state index >= 15 is 0 Å². The first kappa shape index (κ1) is 9.72. The minimum Gasteiger partial charge on any atom is -0.384 e. The van der Waals surface area contributed by atoms with Gasteiger partial charge in [-0.15, -0.1) is 0 Å². The van der Waals surface area contributed by atoms with Crippen molar-refractivity contribution in [3.63, 3.8) is 0 Å². The summed E-state index contributed by atoms with van der Waals surface area (Å²) in [5, 5.41) is 8.35. The Hall–Kier alpha value is -1.37. The second-order valence-electron chi connectivity index (χ2n) is 2.36. The van der Waals surface area contributed by atoms with Gasteiger partial charge in [0.1, 0.15) is 13.2 Å². The first-order valence-electron chi connectivity index (χ1n) is 3.96. The molecule has 0 bridgehead atoms. The normalized spacial score (nSPS) is 9.00. The molecule has 1 aromatic rings. The average molecular weight is 177 g/mol. The number of aliphatic hydroxyl groups is 1. The highest BCUT2D eigenvalue weighted by atomic mass is 16.5. The molecule has 1 rings (SSSR count). The summed E-state index contributed by atoms with van der Waals surface area (Å²) in [5.41, 5.74) is 1.07. The van der Waals surface area contributed by atoms with Crippen LogP contribution in [0.3, 0.4) is 0 Å². The zero-order valence-electron chi connectivity index (χ0n) is 7.23. The molecule has 1 N–H and O–H groups in total. The maximum absolute atomic E-state index is 8.35. The molecule has 0 saturated carbocycles. The van der Waals surface area contributed by atoms with Gasteiger partial charge in [0.25, 0.3) is 0 Å². The lowest BCUT2D eigenvalue weighted by atomic mass is 10.3. The fourth-order valence-electron chi connectivity index (χ4n) is 0.806. The van der Waals surface area contributed by atoms with Gasteiger partial charge in [-0.3, -0.25) is 4.98 Å². The summed E-state index contributed by atoms with van der Waals surface area (Å²) in [6.45, 7) is 0.768. The van der Waals surface area contributed by atoms with Crippen molar-refractivity contribution in [2.24, 2.45) is 0 Å². The van der Waals surface area contributed by atoms with Gasteiger partial charge >= 0.3 is 0 Å². The van der Waals surface area contributed by atoms with Gasteiger partial charge in [-0.25, -0.2) is 0 Å². The highest BCUT2D eigenvalue weighted by Gasteiger charge is 1.88. The number of aromatic nitrogens is 1. The van der Waals surface area contributed by atoms with Crippen molar-refractivity contribution in [2.45, 2.75) is 6.61 Å². The maximum atomic E-state index is 8.35. The number of pyridine rings is 1. The summed E-state index contributed by atoms with van der Waals surface area (Å²) in [7, 11) is 0. The Kier molecular flexibility index (Phi) is 4.62. The van der Waals surface area contributed by atoms with Crippen LogP contribution in [0, 0.1) is 11.8 Å². The Balaban J connectivity index is 2.20. The molecule has 0 aliphatic heterocycles. The monoisotopic (exact) mass is 177 g/mol. The Labute approximate surface area is 77.4 Å². The summed E-state index contributed by atoms with van der Waals surface area (Å²) in [6, 6.07) is 3.78. The van der Waals surface area contributed by atoms with Crippen LogP contribution in [0.2, 0.25) is 0 Å². The van der Waals surface area contributed by atoms with E-state index in [1.54, 1.807) is 12.4 Å². The minimum atomic E-state index is -0.112. The molecule has 0 aromatic carbocycles. The van der Waals surface area contributed by atoms with Crippen LogP contribution in [0.1, 0.15) is 5.56 Å². The smallest absolute Gasteiger partial charge is 0.108 e. The third kappa shape index (κ3) is 4.26. The molecule has 0 amide bonds. The molecular weight excluding hydrogens is 166 g/mol.